The van der Waals surface area contributed by atoms with E-state index in [0.29, 0.717) is 0 Å². The van der Waals surface area contributed by atoms with Crippen LogP contribution >= 0.6 is 0 Å². The van der Waals surface area contributed by atoms with Crippen LogP contribution in [0, 0.1) is 0 Å². The molecular formula is C7H9N4O4Pt-3. The molecule has 1 rings (SSSR count). The molecule has 1 aromatic rings. The third-order valence-corrected chi connectivity index (χ3v) is 1.11. The topological polar surface area (TPSA) is 153 Å². The molecule has 1 heterocycles. The fourth-order valence-corrected chi connectivity index (χ4v) is 0.579. The van der Waals surface area contributed by atoms with E-state index < -0.39 is 22.9 Å². The number of H-pyrrole nitrogens is 2. The number of carboxylic acids is 1. The minimum Gasteiger partial charge on any atom is -0.679 e. The number of nitrogens with one attached hydrogen (secondary N) is 4. The molecule has 1 aromatic heterocycles. The van der Waals surface area contributed by atoms with Crippen LogP contribution < -0.4 is 16.4 Å². The van der Waals surface area contributed by atoms with E-state index >= 15 is 0 Å². The number of hydrogen-bond acceptors (Lipinski definition) is 4. The van der Waals surface area contributed by atoms with E-state index in [-0.39, 0.29) is 34.2 Å². The van der Waals surface area contributed by atoms with E-state index in [1.807, 2.05) is 9.97 Å². The fraction of sp³-hybridized carbons (Fsp3) is 0.286. The second-order valence-corrected chi connectivity index (χ2v) is 2.29. The van der Waals surface area contributed by atoms with Crippen LogP contribution in [0.25, 0.3) is 11.5 Å². The largest absolute Gasteiger partial charge is 0.679 e. The second kappa shape index (κ2) is 9.02. The molecular weight excluding hydrogens is 399 g/mol. The van der Waals surface area contributed by atoms with Gasteiger partial charge in [-0.2, -0.15) is 13.1 Å². The van der Waals surface area contributed by atoms with Gasteiger partial charge in [0.15, 0.2) is 0 Å². The predicted octanol–water partition coefficient (Wildman–Crippen LogP) is -1.49. The molecule has 4 N–H and O–H groups in total. The molecule has 0 radical (unpaired) electrons. The molecule has 16 heavy (non-hydrogen) atoms. The molecule has 0 fully saturated rings. The number of rotatable bonds is 2. The molecule has 0 saturated carbocycles. The third kappa shape index (κ3) is 7.10. The third-order valence-electron chi connectivity index (χ3n) is 1.11. The van der Waals surface area contributed by atoms with Crippen LogP contribution in [0.15, 0.2) is 15.7 Å². The number of aromatic nitrogens is 2. The standard InChI is InChI=1S/C5H4N2O4.C2H6N2.Pt/c8-3-1-2(4(9)10)6-5(11)7-3;3-1-2-4;/h1H,(H,9,10)(H2,6,7,8,11);3-4H,1-2H2;/q;-2;/p-1. The van der Waals surface area contributed by atoms with Crippen molar-refractivity contribution in [3.05, 3.63) is 44.1 Å². The SMILES string of the molecule is O=C([O-])c1cc(=O)[nH]c(=O)[nH]1.[NH-]CC[NH-].[Pt]. The zero-order valence-electron chi connectivity index (χ0n) is 7.94. The first kappa shape index (κ1) is 17.2. The molecule has 0 bridgehead atoms. The van der Waals surface area contributed by atoms with E-state index in [0.717, 1.165) is 6.07 Å². The Labute approximate surface area is 104 Å². The van der Waals surface area contributed by atoms with Crippen LogP contribution in [-0.4, -0.2) is 29.0 Å². The minimum atomic E-state index is -1.59. The Kier molecular flexibility index (Phi) is 9.67. The van der Waals surface area contributed by atoms with Crippen molar-refractivity contribution in [2.24, 2.45) is 0 Å². The monoisotopic (exact) mass is 408 g/mol. The van der Waals surface area contributed by atoms with Crippen molar-refractivity contribution in [2.45, 2.75) is 0 Å². The summed E-state index contributed by atoms with van der Waals surface area (Å²) in [6.07, 6.45) is 0. The summed E-state index contributed by atoms with van der Waals surface area (Å²) < 4.78 is 0. The Balaban J connectivity index is 0. The Morgan fingerprint density at radius 3 is 2.06 bits per heavy atom. The molecule has 0 aromatic carbocycles. The van der Waals surface area contributed by atoms with Crippen molar-refractivity contribution in [1.82, 2.24) is 9.97 Å². The van der Waals surface area contributed by atoms with E-state index in [9.17, 15) is 19.5 Å². The molecule has 0 aliphatic heterocycles. The van der Waals surface area contributed by atoms with Crippen LogP contribution in [0.5, 0.6) is 0 Å². The molecule has 0 amide bonds. The van der Waals surface area contributed by atoms with Gasteiger partial charge in [-0.1, -0.05) is 0 Å². The summed E-state index contributed by atoms with van der Waals surface area (Å²) >= 11 is 0. The molecule has 9 heteroatoms. The van der Waals surface area contributed by atoms with Crippen LogP contribution in [0.1, 0.15) is 10.5 Å². The second-order valence-electron chi connectivity index (χ2n) is 2.29. The van der Waals surface area contributed by atoms with Gasteiger partial charge in [-0.25, -0.2) is 4.79 Å². The quantitative estimate of drug-likeness (QED) is 0.612. The van der Waals surface area contributed by atoms with Gasteiger partial charge in [0.25, 0.3) is 5.56 Å². The summed E-state index contributed by atoms with van der Waals surface area (Å²) in [5.41, 5.74) is 10.4. The van der Waals surface area contributed by atoms with Gasteiger partial charge in [-0.3, -0.25) is 9.78 Å². The van der Waals surface area contributed by atoms with Crippen molar-refractivity contribution in [1.29, 1.82) is 0 Å². The normalized spacial score (nSPS) is 8.38. The van der Waals surface area contributed by atoms with Gasteiger partial charge in [0, 0.05) is 27.1 Å². The summed E-state index contributed by atoms with van der Waals surface area (Å²) in [6.45, 7) is 0.472. The maximum atomic E-state index is 10.4. The minimum absolute atomic E-state index is 0. The van der Waals surface area contributed by atoms with E-state index in [2.05, 4.69) is 0 Å². The number of carbonyl (C=O) groups is 1. The summed E-state index contributed by atoms with van der Waals surface area (Å²) in [4.78, 5) is 34.6. The van der Waals surface area contributed by atoms with Crippen LogP contribution in [0.4, 0.5) is 0 Å². The van der Waals surface area contributed by atoms with Crippen molar-refractivity contribution in [3.8, 4) is 0 Å². The van der Waals surface area contributed by atoms with Gasteiger partial charge in [-0.15, -0.1) is 0 Å². The van der Waals surface area contributed by atoms with Gasteiger partial charge in [-0.05, 0) is 0 Å². The number of hydrogen-bond donors (Lipinski definition) is 2. The Morgan fingerprint density at radius 2 is 1.75 bits per heavy atom. The summed E-state index contributed by atoms with van der Waals surface area (Å²) in [6, 6.07) is 0.733. The molecule has 0 spiro atoms. The molecule has 0 unspecified atom stereocenters. The number of aromatic amines is 2. The van der Waals surface area contributed by atoms with Gasteiger partial charge in [0.2, 0.25) is 0 Å². The maximum Gasteiger partial charge on any atom is 0.326 e. The number of aromatic carboxylic acids is 1. The average molecular weight is 408 g/mol. The zero-order valence-corrected chi connectivity index (χ0v) is 10.2. The summed E-state index contributed by atoms with van der Waals surface area (Å²) in [5.74, 6) is -1.59. The van der Waals surface area contributed by atoms with Gasteiger partial charge in [0.1, 0.15) is 0 Å². The number of carbonyl (C=O) groups excluding carboxylic acids is 1. The average Bonchev–Trinajstić information content (AvgIpc) is 2.16. The molecule has 0 atom stereocenters. The van der Waals surface area contributed by atoms with Crippen molar-refractivity contribution >= 4 is 5.97 Å². The van der Waals surface area contributed by atoms with Gasteiger partial charge in [0.05, 0.1) is 11.7 Å². The summed E-state index contributed by atoms with van der Waals surface area (Å²) in [7, 11) is 0. The van der Waals surface area contributed by atoms with Gasteiger partial charge < -0.3 is 26.4 Å². The van der Waals surface area contributed by atoms with Gasteiger partial charge >= 0.3 is 5.69 Å². The first-order valence-electron chi connectivity index (χ1n) is 3.85. The van der Waals surface area contributed by atoms with Crippen molar-refractivity contribution < 1.29 is 31.0 Å². The van der Waals surface area contributed by atoms with Crippen LogP contribution in [-0.2, 0) is 21.1 Å². The fourth-order valence-electron chi connectivity index (χ4n) is 0.579. The first-order valence-corrected chi connectivity index (χ1v) is 3.85. The molecule has 0 saturated heterocycles. The molecule has 0 aliphatic carbocycles. The number of carboxylic acid groups (broad SMARTS) is 1. The van der Waals surface area contributed by atoms with E-state index in [4.69, 9.17) is 11.5 Å². The molecule has 8 nitrogen and oxygen atoms in total. The smallest absolute Gasteiger partial charge is 0.326 e. The first-order chi connectivity index (χ1) is 7.01. The zero-order chi connectivity index (χ0) is 11.8. The van der Waals surface area contributed by atoms with Crippen LogP contribution in [0.2, 0.25) is 0 Å². The van der Waals surface area contributed by atoms with Crippen LogP contribution in [0.3, 0.4) is 0 Å². The Morgan fingerprint density at radius 1 is 1.25 bits per heavy atom. The van der Waals surface area contributed by atoms with Crippen molar-refractivity contribution in [2.75, 3.05) is 13.1 Å². The predicted molar refractivity (Wildman–Crippen MR) is 50.4 cm³/mol. The Bertz CT molecular complexity index is 397. The molecule has 0 aliphatic rings. The Hall–Kier alpha value is -1.24. The van der Waals surface area contributed by atoms with E-state index in [1.54, 1.807) is 0 Å². The maximum absolute atomic E-state index is 10.4. The van der Waals surface area contributed by atoms with E-state index in [1.165, 1.54) is 0 Å². The molecule has 94 valence electrons. The van der Waals surface area contributed by atoms with Crippen molar-refractivity contribution in [3.63, 3.8) is 0 Å². The summed E-state index contributed by atoms with van der Waals surface area (Å²) in [5, 5.41) is 10.1.